The van der Waals surface area contributed by atoms with E-state index in [4.69, 9.17) is 0 Å². The first-order valence-corrected chi connectivity index (χ1v) is 6.53. The maximum atomic E-state index is 4.34. The molecule has 0 aromatic carbocycles. The number of hydrogen-bond donors (Lipinski definition) is 1. The van der Waals surface area contributed by atoms with Crippen molar-refractivity contribution in [1.29, 1.82) is 0 Å². The molecule has 90 valence electrons. The average Bonchev–Trinajstić information content (AvgIpc) is 2.81. The summed E-state index contributed by atoms with van der Waals surface area (Å²) in [6, 6.07) is 6.16. The Balaban J connectivity index is 2.03. The van der Waals surface area contributed by atoms with Crippen molar-refractivity contribution in [3.63, 3.8) is 0 Å². The van der Waals surface area contributed by atoms with Crippen LogP contribution in [0.5, 0.6) is 0 Å². The van der Waals surface area contributed by atoms with Crippen LogP contribution in [-0.4, -0.2) is 16.5 Å². The standard InChI is InChI=1S/C13H17N3S/c1-10-6-7-14-12(16-10)15-9-13(2,3)11-5-4-8-17-11/h4-8H,9H2,1-3H3,(H,14,15,16). The normalized spacial score (nSPS) is 11.5. The number of nitrogens with zero attached hydrogens (tertiary/aromatic N) is 2. The first-order chi connectivity index (χ1) is 8.08. The van der Waals surface area contributed by atoms with Crippen molar-refractivity contribution in [3.05, 3.63) is 40.3 Å². The van der Waals surface area contributed by atoms with Crippen molar-refractivity contribution in [2.75, 3.05) is 11.9 Å². The van der Waals surface area contributed by atoms with E-state index < -0.39 is 0 Å². The zero-order chi connectivity index (χ0) is 12.3. The van der Waals surface area contributed by atoms with Gasteiger partial charge in [-0.3, -0.25) is 0 Å². The van der Waals surface area contributed by atoms with Gasteiger partial charge in [0.1, 0.15) is 0 Å². The second-order valence-corrected chi connectivity index (χ2v) is 5.68. The van der Waals surface area contributed by atoms with Gasteiger partial charge in [0, 0.05) is 28.7 Å². The van der Waals surface area contributed by atoms with Gasteiger partial charge in [-0.25, -0.2) is 9.97 Å². The highest BCUT2D eigenvalue weighted by Gasteiger charge is 2.21. The van der Waals surface area contributed by atoms with Crippen molar-refractivity contribution in [2.45, 2.75) is 26.2 Å². The molecule has 0 unspecified atom stereocenters. The number of nitrogens with one attached hydrogen (secondary N) is 1. The quantitative estimate of drug-likeness (QED) is 0.901. The lowest BCUT2D eigenvalue weighted by Gasteiger charge is -2.23. The van der Waals surface area contributed by atoms with Crippen molar-refractivity contribution >= 4 is 17.3 Å². The fraction of sp³-hybridized carbons (Fsp3) is 0.385. The highest BCUT2D eigenvalue weighted by Crippen LogP contribution is 2.27. The van der Waals surface area contributed by atoms with Gasteiger partial charge in [0.15, 0.2) is 0 Å². The molecule has 0 amide bonds. The minimum atomic E-state index is 0.0985. The molecule has 0 fully saturated rings. The van der Waals surface area contributed by atoms with Gasteiger partial charge in [0.25, 0.3) is 0 Å². The molecule has 3 nitrogen and oxygen atoms in total. The highest BCUT2D eigenvalue weighted by atomic mass is 32.1. The van der Waals surface area contributed by atoms with Gasteiger partial charge in [0.2, 0.25) is 5.95 Å². The molecule has 0 spiro atoms. The molecule has 1 N–H and O–H groups in total. The Morgan fingerprint density at radius 1 is 1.35 bits per heavy atom. The molecule has 2 rings (SSSR count). The SMILES string of the molecule is Cc1ccnc(NCC(C)(C)c2cccs2)n1. The van der Waals surface area contributed by atoms with Gasteiger partial charge < -0.3 is 5.32 Å². The number of rotatable bonds is 4. The van der Waals surface area contributed by atoms with E-state index in [1.165, 1.54) is 4.88 Å². The molecule has 4 heteroatoms. The summed E-state index contributed by atoms with van der Waals surface area (Å²) >= 11 is 1.79. The van der Waals surface area contributed by atoms with Crippen LogP contribution in [0.3, 0.4) is 0 Å². The third-order valence-electron chi connectivity index (χ3n) is 2.67. The van der Waals surface area contributed by atoms with E-state index in [2.05, 4.69) is 46.6 Å². The van der Waals surface area contributed by atoms with Gasteiger partial charge >= 0.3 is 0 Å². The summed E-state index contributed by atoms with van der Waals surface area (Å²) in [5, 5.41) is 5.41. The monoisotopic (exact) mass is 247 g/mol. The lowest BCUT2D eigenvalue weighted by Crippen LogP contribution is -2.27. The predicted octanol–water partition coefficient (Wildman–Crippen LogP) is 3.24. The number of hydrogen-bond acceptors (Lipinski definition) is 4. The fourth-order valence-electron chi connectivity index (χ4n) is 1.58. The number of aryl methyl sites for hydroxylation is 1. The summed E-state index contributed by atoms with van der Waals surface area (Å²) in [7, 11) is 0. The van der Waals surface area contributed by atoms with E-state index in [1.54, 1.807) is 17.5 Å². The molecule has 0 aliphatic heterocycles. The molecule has 2 aromatic rings. The van der Waals surface area contributed by atoms with Crippen LogP contribution in [0.4, 0.5) is 5.95 Å². The Labute approximate surface area is 106 Å². The molecule has 2 aromatic heterocycles. The lowest BCUT2D eigenvalue weighted by atomic mass is 9.91. The van der Waals surface area contributed by atoms with Crippen molar-refractivity contribution in [2.24, 2.45) is 0 Å². The summed E-state index contributed by atoms with van der Waals surface area (Å²) in [5.41, 5.74) is 1.08. The Morgan fingerprint density at radius 3 is 2.82 bits per heavy atom. The largest absolute Gasteiger partial charge is 0.353 e. The summed E-state index contributed by atoms with van der Waals surface area (Å²) < 4.78 is 0. The third kappa shape index (κ3) is 3.03. The van der Waals surface area contributed by atoms with Crippen LogP contribution in [-0.2, 0) is 5.41 Å². The maximum absolute atomic E-state index is 4.34. The topological polar surface area (TPSA) is 37.8 Å². The molecule has 0 radical (unpaired) electrons. The Bertz CT molecular complexity index is 477. The van der Waals surface area contributed by atoms with E-state index in [0.29, 0.717) is 5.95 Å². The van der Waals surface area contributed by atoms with Gasteiger partial charge in [-0.15, -0.1) is 11.3 Å². The summed E-state index contributed by atoms with van der Waals surface area (Å²) in [4.78, 5) is 9.92. The predicted molar refractivity (Wildman–Crippen MR) is 72.6 cm³/mol. The lowest BCUT2D eigenvalue weighted by molar-refractivity contribution is 0.567. The smallest absolute Gasteiger partial charge is 0.222 e. The van der Waals surface area contributed by atoms with Crippen molar-refractivity contribution < 1.29 is 0 Å². The molecule has 2 heterocycles. The number of anilines is 1. The molecule has 0 bridgehead atoms. The van der Waals surface area contributed by atoms with Crippen molar-refractivity contribution in [1.82, 2.24) is 9.97 Å². The van der Waals surface area contributed by atoms with Gasteiger partial charge in [-0.2, -0.15) is 0 Å². The van der Waals surface area contributed by atoms with Gasteiger partial charge in [-0.1, -0.05) is 19.9 Å². The molecular weight excluding hydrogens is 230 g/mol. The Hall–Kier alpha value is -1.42. The summed E-state index contributed by atoms with van der Waals surface area (Å²) in [5.74, 6) is 0.703. The third-order valence-corrected chi connectivity index (χ3v) is 3.91. The van der Waals surface area contributed by atoms with E-state index in [9.17, 15) is 0 Å². The number of aromatic nitrogens is 2. The summed E-state index contributed by atoms with van der Waals surface area (Å²) in [6.07, 6.45) is 1.78. The van der Waals surface area contributed by atoms with Crippen LogP contribution in [0.1, 0.15) is 24.4 Å². The van der Waals surface area contributed by atoms with Crippen LogP contribution in [0.15, 0.2) is 29.8 Å². The molecule has 0 saturated carbocycles. The minimum absolute atomic E-state index is 0.0985. The molecule has 0 atom stereocenters. The molecule has 0 aliphatic rings. The van der Waals surface area contributed by atoms with Gasteiger partial charge in [0.05, 0.1) is 0 Å². The first-order valence-electron chi connectivity index (χ1n) is 5.65. The second-order valence-electron chi connectivity index (χ2n) is 4.74. The van der Waals surface area contributed by atoms with Crippen LogP contribution in [0.25, 0.3) is 0 Å². The second kappa shape index (κ2) is 4.84. The van der Waals surface area contributed by atoms with Crippen LogP contribution >= 0.6 is 11.3 Å². The van der Waals surface area contributed by atoms with E-state index in [1.807, 2.05) is 13.0 Å². The summed E-state index contributed by atoms with van der Waals surface area (Å²) in [6.45, 7) is 7.25. The highest BCUT2D eigenvalue weighted by molar-refractivity contribution is 7.10. The zero-order valence-electron chi connectivity index (χ0n) is 10.4. The van der Waals surface area contributed by atoms with E-state index >= 15 is 0 Å². The molecule has 0 saturated heterocycles. The van der Waals surface area contributed by atoms with Gasteiger partial charge in [-0.05, 0) is 24.4 Å². The zero-order valence-corrected chi connectivity index (χ0v) is 11.2. The fourth-order valence-corrected chi connectivity index (χ4v) is 2.44. The number of thiophene rings is 1. The van der Waals surface area contributed by atoms with Crippen molar-refractivity contribution in [3.8, 4) is 0 Å². The van der Waals surface area contributed by atoms with Crippen LogP contribution < -0.4 is 5.32 Å². The maximum Gasteiger partial charge on any atom is 0.222 e. The molecular formula is C13H17N3S. The van der Waals surface area contributed by atoms with Crippen LogP contribution in [0.2, 0.25) is 0 Å². The van der Waals surface area contributed by atoms with Crippen LogP contribution in [0, 0.1) is 6.92 Å². The Morgan fingerprint density at radius 2 is 2.18 bits per heavy atom. The molecule has 0 aliphatic carbocycles. The first kappa shape index (κ1) is 12.0. The molecule has 17 heavy (non-hydrogen) atoms. The Kier molecular flexibility index (Phi) is 3.43. The average molecular weight is 247 g/mol. The van der Waals surface area contributed by atoms with E-state index in [0.717, 1.165) is 12.2 Å². The minimum Gasteiger partial charge on any atom is -0.353 e. The van der Waals surface area contributed by atoms with E-state index in [-0.39, 0.29) is 5.41 Å².